The zero-order valence-electron chi connectivity index (χ0n) is 17.1. The number of nitrogens with one attached hydrogen (secondary N) is 1. The minimum atomic E-state index is -4.38. The van der Waals surface area contributed by atoms with Gasteiger partial charge < -0.3 is 39.9 Å². The molecule has 1 aliphatic heterocycles. The largest absolute Gasteiger partial charge is 0.390 e. The predicted octanol–water partition coefficient (Wildman–Crippen LogP) is -0.176. The standard InChI is InChI=1S/C17H25ClN5O8P/c1-17(26)2-8(3-17)4-19-13-9-5-20-23(14(9)22-16(18)21-13)15-12(25)11(24)10(31-15)6-30-7-32(27,28)29/h5,8,10-12,15,24-26H,2-4,6-7H2,1H3,(H,19,21,22)(H2,27,28,29)/t8-,10-,11-,12-,15-,17+/m1/s1. The van der Waals surface area contributed by atoms with Crippen molar-refractivity contribution in [1.29, 1.82) is 0 Å². The third-order valence-corrected chi connectivity index (χ3v) is 6.25. The van der Waals surface area contributed by atoms with Crippen molar-refractivity contribution in [3.05, 3.63) is 11.5 Å². The number of aromatic nitrogens is 4. The first-order valence-corrected chi connectivity index (χ1v) is 12.1. The molecule has 32 heavy (non-hydrogen) atoms. The number of hydrogen-bond acceptors (Lipinski definition) is 10. The van der Waals surface area contributed by atoms with Crippen LogP contribution in [0.15, 0.2) is 6.20 Å². The van der Waals surface area contributed by atoms with Gasteiger partial charge in [0.15, 0.2) is 11.9 Å². The smallest absolute Gasteiger partial charge is 0.350 e. The maximum Gasteiger partial charge on any atom is 0.350 e. The maximum absolute atomic E-state index is 10.9. The van der Waals surface area contributed by atoms with Gasteiger partial charge in [-0.1, -0.05) is 0 Å². The molecule has 178 valence electrons. The molecule has 0 spiro atoms. The van der Waals surface area contributed by atoms with Crippen LogP contribution in [-0.4, -0.2) is 88.3 Å². The van der Waals surface area contributed by atoms with Crippen LogP contribution in [-0.2, 0) is 14.0 Å². The minimum absolute atomic E-state index is 0.0584. The molecule has 2 aromatic heterocycles. The van der Waals surface area contributed by atoms with Crippen LogP contribution in [0.4, 0.5) is 5.82 Å². The fourth-order valence-corrected chi connectivity index (χ4v) is 4.65. The highest BCUT2D eigenvalue weighted by Crippen LogP contribution is 2.38. The van der Waals surface area contributed by atoms with E-state index in [2.05, 4.69) is 20.4 Å². The molecule has 0 aromatic carbocycles. The van der Waals surface area contributed by atoms with Crippen molar-refractivity contribution >= 4 is 36.0 Å². The molecule has 3 heterocycles. The van der Waals surface area contributed by atoms with Gasteiger partial charge in [0.25, 0.3) is 0 Å². The molecule has 15 heteroatoms. The van der Waals surface area contributed by atoms with Crippen LogP contribution >= 0.6 is 19.2 Å². The molecule has 2 aliphatic rings. The van der Waals surface area contributed by atoms with Crippen LogP contribution < -0.4 is 5.32 Å². The Morgan fingerprint density at radius 2 is 2.06 bits per heavy atom. The van der Waals surface area contributed by atoms with Gasteiger partial charge in [-0.2, -0.15) is 15.1 Å². The molecule has 4 rings (SSSR count). The summed E-state index contributed by atoms with van der Waals surface area (Å²) in [4.78, 5) is 26.1. The average molecular weight is 494 g/mol. The highest BCUT2D eigenvalue weighted by Gasteiger charge is 2.45. The summed E-state index contributed by atoms with van der Waals surface area (Å²) in [7, 11) is -4.38. The number of nitrogens with zero attached hydrogens (tertiary/aromatic N) is 4. The van der Waals surface area contributed by atoms with Crippen LogP contribution in [0.2, 0.25) is 5.28 Å². The van der Waals surface area contributed by atoms with Crippen molar-refractivity contribution in [2.45, 2.75) is 49.9 Å². The van der Waals surface area contributed by atoms with Crippen LogP contribution in [0.3, 0.4) is 0 Å². The molecule has 2 fully saturated rings. The number of rotatable bonds is 8. The Morgan fingerprint density at radius 1 is 1.34 bits per heavy atom. The second-order valence-electron chi connectivity index (χ2n) is 8.53. The Kier molecular flexibility index (Phi) is 6.49. The molecule has 6 N–H and O–H groups in total. The number of aliphatic hydroxyl groups excluding tert-OH is 2. The first-order valence-electron chi connectivity index (χ1n) is 9.94. The first kappa shape index (κ1) is 23.7. The highest BCUT2D eigenvalue weighted by atomic mass is 35.5. The van der Waals surface area contributed by atoms with Gasteiger partial charge in [-0.25, -0.2) is 4.68 Å². The lowest BCUT2D eigenvalue weighted by Crippen LogP contribution is -2.43. The minimum Gasteiger partial charge on any atom is -0.390 e. The molecule has 13 nitrogen and oxygen atoms in total. The molecule has 0 unspecified atom stereocenters. The SMILES string of the molecule is C[C@]1(O)C[C@@H](CNc2nc(Cl)nc3c2cnn3[C@@H]2O[C@H](COCP(=O)(O)O)[C@@H](O)[C@H]2O)C1. The second-order valence-corrected chi connectivity index (χ2v) is 10.5. The summed E-state index contributed by atoms with van der Waals surface area (Å²) < 4.78 is 22.7. The third kappa shape index (κ3) is 5.06. The Labute approximate surface area is 187 Å². The zero-order valence-corrected chi connectivity index (χ0v) is 18.7. The summed E-state index contributed by atoms with van der Waals surface area (Å²) in [5.74, 6) is 0.722. The van der Waals surface area contributed by atoms with E-state index in [1.807, 2.05) is 0 Å². The number of fused-ring (bicyclic) bond motifs is 1. The van der Waals surface area contributed by atoms with E-state index >= 15 is 0 Å². The number of aliphatic hydroxyl groups is 3. The van der Waals surface area contributed by atoms with E-state index in [0.717, 1.165) is 0 Å². The summed E-state index contributed by atoms with van der Waals surface area (Å²) in [5.41, 5.74) is -0.376. The van der Waals surface area contributed by atoms with Gasteiger partial charge in [0.1, 0.15) is 30.5 Å². The monoisotopic (exact) mass is 493 g/mol. The molecular weight excluding hydrogens is 469 g/mol. The van der Waals surface area contributed by atoms with Crippen LogP contribution in [0, 0.1) is 5.92 Å². The number of ether oxygens (including phenoxy) is 2. The highest BCUT2D eigenvalue weighted by molar-refractivity contribution is 7.51. The molecule has 1 aliphatic carbocycles. The average Bonchev–Trinajstić information content (AvgIpc) is 3.19. The Bertz CT molecular complexity index is 1020. The molecule has 0 amide bonds. The van der Waals surface area contributed by atoms with E-state index in [1.165, 1.54) is 10.9 Å². The molecule has 0 bridgehead atoms. The van der Waals surface area contributed by atoms with Crippen LogP contribution in [0.25, 0.3) is 11.0 Å². The van der Waals surface area contributed by atoms with Gasteiger partial charge >= 0.3 is 7.60 Å². The molecule has 2 aromatic rings. The van der Waals surface area contributed by atoms with Gasteiger partial charge in [0, 0.05) is 6.54 Å². The van der Waals surface area contributed by atoms with Gasteiger partial charge in [-0.05, 0) is 37.3 Å². The van der Waals surface area contributed by atoms with E-state index < -0.39 is 44.1 Å². The lowest BCUT2D eigenvalue weighted by atomic mass is 9.72. The lowest BCUT2D eigenvalue weighted by Gasteiger charge is -2.41. The number of anilines is 1. The molecule has 0 radical (unpaired) electrons. The quantitative estimate of drug-likeness (QED) is 0.210. The van der Waals surface area contributed by atoms with E-state index in [-0.39, 0.29) is 23.5 Å². The fourth-order valence-electron chi connectivity index (χ4n) is 4.15. The predicted molar refractivity (Wildman–Crippen MR) is 111 cm³/mol. The van der Waals surface area contributed by atoms with Crippen molar-refractivity contribution in [2.75, 3.05) is 24.8 Å². The zero-order chi connectivity index (χ0) is 23.3. The number of halogens is 1. The lowest BCUT2D eigenvalue weighted by molar-refractivity contribution is -0.0658. The Hall–Kier alpha value is -1.41. The normalized spacial score (nSPS) is 32.9. The van der Waals surface area contributed by atoms with Crippen molar-refractivity contribution in [1.82, 2.24) is 19.7 Å². The molecule has 1 saturated carbocycles. The van der Waals surface area contributed by atoms with E-state index in [9.17, 15) is 19.9 Å². The van der Waals surface area contributed by atoms with Crippen LogP contribution in [0.1, 0.15) is 26.0 Å². The molecule has 1 saturated heterocycles. The number of hydrogen-bond donors (Lipinski definition) is 6. The maximum atomic E-state index is 10.9. The summed E-state index contributed by atoms with van der Waals surface area (Å²) in [6.45, 7) is 2.02. The van der Waals surface area contributed by atoms with Gasteiger partial charge in [0.05, 0.1) is 23.8 Å². The third-order valence-electron chi connectivity index (χ3n) is 5.56. The van der Waals surface area contributed by atoms with Gasteiger partial charge in [0.2, 0.25) is 5.28 Å². The van der Waals surface area contributed by atoms with Crippen molar-refractivity contribution < 1.29 is 39.1 Å². The topological polar surface area (TPSA) is 192 Å². The van der Waals surface area contributed by atoms with E-state index in [4.69, 9.17) is 30.9 Å². The summed E-state index contributed by atoms with van der Waals surface area (Å²) in [5, 5.41) is 38.5. The molecule has 4 atom stereocenters. The fraction of sp³-hybridized carbons (Fsp3) is 0.706. The van der Waals surface area contributed by atoms with Gasteiger partial charge in [-0.15, -0.1) is 0 Å². The summed E-state index contributed by atoms with van der Waals surface area (Å²) in [6.07, 6.45) is -2.96. The summed E-state index contributed by atoms with van der Waals surface area (Å²) in [6, 6.07) is 0. The van der Waals surface area contributed by atoms with E-state index in [0.29, 0.717) is 30.6 Å². The first-order chi connectivity index (χ1) is 14.9. The molecular formula is C17H25ClN5O8P. The van der Waals surface area contributed by atoms with Crippen molar-refractivity contribution in [3.63, 3.8) is 0 Å². The Balaban J connectivity index is 1.49. The van der Waals surface area contributed by atoms with E-state index in [1.54, 1.807) is 6.92 Å². The van der Waals surface area contributed by atoms with Crippen LogP contribution in [0.5, 0.6) is 0 Å². The van der Waals surface area contributed by atoms with Crippen molar-refractivity contribution in [3.8, 4) is 0 Å². The second kappa shape index (κ2) is 8.75. The Morgan fingerprint density at radius 3 is 2.72 bits per heavy atom. The summed E-state index contributed by atoms with van der Waals surface area (Å²) >= 11 is 6.08. The van der Waals surface area contributed by atoms with Gasteiger partial charge in [-0.3, -0.25) is 4.57 Å². The van der Waals surface area contributed by atoms with Crippen molar-refractivity contribution in [2.24, 2.45) is 5.92 Å².